The summed E-state index contributed by atoms with van der Waals surface area (Å²) >= 11 is 1.83. The van der Waals surface area contributed by atoms with E-state index in [1.54, 1.807) is 19.3 Å². The van der Waals surface area contributed by atoms with Crippen molar-refractivity contribution in [2.24, 2.45) is 7.05 Å². The third-order valence-corrected chi connectivity index (χ3v) is 4.43. The number of rotatable bonds is 3. The molecule has 0 N–H and O–H groups in total. The lowest BCUT2D eigenvalue weighted by Crippen LogP contribution is -2.35. The Morgan fingerprint density at radius 1 is 1.56 bits per heavy atom. The Morgan fingerprint density at radius 3 is 3.00 bits per heavy atom. The van der Waals surface area contributed by atoms with Crippen LogP contribution in [0.25, 0.3) is 0 Å². The highest BCUT2D eigenvalue weighted by Crippen LogP contribution is 2.28. The maximum absolute atomic E-state index is 12.4. The molecule has 1 aliphatic heterocycles. The average Bonchev–Trinajstić information content (AvgIpc) is 2.80. The van der Waals surface area contributed by atoms with E-state index in [1.165, 1.54) is 10.6 Å². The molecule has 1 atom stereocenters. The highest BCUT2D eigenvalue weighted by atomic mass is 32.2. The van der Waals surface area contributed by atoms with E-state index in [4.69, 9.17) is 0 Å². The van der Waals surface area contributed by atoms with Crippen molar-refractivity contribution in [1.29, 1.82) is 0 Å². The van der Waals surface area contributed by atoms with Gasteiger partial charge >= 0.3 is 0 Å². The van der Waals surface area contributed by atoms with Crippen LogP contribution in [0.3, 0.4) is 0 Å². The summed E-state index contributed by atoms with van der Waals surface area (Å²) in [6.07, 6.45) is 3.73. The van der Waals surface area contributed by atoms with Gasteiger partial charge in [-0.2, -0.15) is 0 Å². The van der Waals surface area contributed by atoms with Crippen LogP contribution in [0.4, 0.5) is 0 Å². The molecule has 0 bridgehead atoms. The Morgan fingerprint density at radius 2 is 2.33 bits per heavy atom. The van der Waals surface area contributed by atoms with Gasteiger partial charge in [-0.3, -0.25) is 9.59 Å². The average molecular weight is 266 g/mol. The van der Waals surface area contributed by atoms with Crippen molar-refractivity contribution in [3.05, 3.63) is 34.2 Å². The van der Waals surface area contributed by atoms with Gasteiger partial charge in [-0.25, -0.2) is 0 Å². The molecule has 1 fully saturated rings. The summed E-state index contributed by atoms with van der Waals surface area (Å²) < 4.78 is 1.47. The number of carbonyl (C=O) groups excluding carboxylic acids is 1. The van der Waals surface area contributed by atoms with Crippen molar-refractivity contribution in [2.45, 2.75) is 25.1 Å². The second-order valence-electron chi connectivity index (χ2n) is 4.48. The first-order chi connectivity index (χ1) is 8.63. The zero-order chi connectivity index (χ0) is 13.1. The summed E-state index contributed by atoms with van der Waals surface area (Å²) in [4.78, 5) is 25.8. The topological polar surface area (TPSA) is 42.3 Å². The minimum Gasteiger partial charge on any atom is -0.326 e. The largest absolute Gasteiger partial charge is 0.326 e. The minimum absolute atomic E-state index is 0.0175. The number of hydrogen-bond acceptors (Lipinski definition) is 3. The summed E-state index contributed by atoms with van der Waals surface area (Å²) in [6, 6.07) is 3.14. The normalized spacial score (nSPS) is 19.2. The number of carbonyl (C=O) groups is 1. The van der Waals surface area contributed by atoms with Gasteiger partial charge in [-0.05, 0) is 12.5 Å². The second-order valence-corrected chi connectivity index (χ2v) is 5.76. The van der Waals surface area contributed by atoms with Gasteiger partial charge in [-0.1, -0.05) is 13.3 Å². The van der Waals surface area contributed by atoms with E-state index >= 15 is 0 Å². The summed E-state index contributed by atoms with van der Waals surface area (Å²) in [7, 11) is 1.68. The molecule has 1 saturated heterocycles. The Kier molecular flexibility index (Phi) is 4.11. The smallest absolute Gasteiger partial charge is 0.255 e. The molecule has 2 heterocycles. The van der Waals surface area contributed by atoms with E-state index < -0.39 is 0 Å². The molecule has 1 unspecified atom stereocenters. The molecule has 18 heavy (non-hydrogen) atoms. The summed E-state index contributed by atoms with van der Waals surface area (Å²) in [5.41, 5.74) is 0.362. The molecule has 1 aromatic rings. The Labute approximate surface area is 111 Å². The Balaban J connectivity index is 2.20. The zero-order valence-electron chi connectivity index (χ0n) is 10.8. The molecule has 2 rings (SSSR count). The highest BCUT2D eigenvalue weighted by Gasteiger charge is 2.29. The molecule has 0 saturated carbocycles. The van der Waals surface area contributed by atoms with Crippen LogP contribution in [0.2, 0.25) is 0 Å². The monoisotopic (exact) mass is 266 g/mol. The minimum atomic E-state index is -0.139. The predicted octanol–water partition coefficient (Wildman–Crippen LogP) is 1.70. The molecule has 0 spiro atoms. The van der Waals surface area contributed by atoms with Gasteiger partial charge in [0.2, 0.25) is 0 Å². The van der Waals surface area contributed by atoms with Crippen LogP contribution < -0.4 is 5.56 Å². The summed E-state index contributed by atoms with van der Waals surface area (Å²) in [5, 5.41) is 0.270. The van der Waals surface area contributed by atoms with Crippen molar-refractivity contribution < 1.29 is 4.79 Å². The Hall–Kier alpha value is -1.23. The van der Waals surface area contributed by atoms with Crippen molar-refractivity contribution >= 4 is 17.7 Å². The maximum Gasteiger partial charge on any atom is 0.255 e. The van der Waals surface area contributed by atoms with Crippen molar-refractivity contribution in [2.75, 3.05) is 12.3 Å². The van der Waals surface area contributed by atoms with Crippen LogP contribution in [0.15, 0.2) is 23.1 Å². The van der Waals surface area contributed by atoms with Gasteiger partial charge in [-0.15, -0.1) is 11.8 Å². The quantitative estimate of drug-likeness (QED) is 0.836. The van der Waals surface area contributed by atoms with E-state index in [1.807, 2.05) is 16.7 Å². The van der Waals surface area contributed by atoms with Crippen LogP contribution in [0, 0.1) is 0 Å². The van der Waals surface area contributed by atoms with Crippen molar-refractivity contribution in [1.82, 2.24) is 9.47 Å². The first-order valence-corrected chi connectivity index (χ1v) is 7.27. The molecular weight excluding hydrogens is 248 g/mol. The number of amides is 1. The molecule has 0 aliphatic carbocycles. The van der Waals surface area contributed by atoms with Crippen LogP contribution in [0.1, 0.15) is 30.1 Å². The van der Waals surface area contributed by atoms with Gasteiger partial charge in [0.05, 0.1) is 5.37 Å². The lowest BCUT2D eigenvalue weighted by atomic mass is 10.2. The fourth-order valence-corrected chi connectivity index (χ4v) is 3.44. The molecule has 0 radical (unpaired) electrons. The fraction of sp³-hybridized carbons (Fsp3) is 0.538. The molecule has 98 valence electrons. The van der Waals surface area contributed by atoms with Crippen LogP contribution in [-0.2, 0) is 7.05 Å². The van der Waals surface area contributed by atoms with Crippen LogP contribution in [-0.4, -0.2) is 33.0 Å². The van der Waals surface area contributed by atoms with E-state index in [-0.39, 0.29) is 16.8 Å². The number of pyridine rings is 1. The third kappa shape index (κ3) is 2.61. The molecule has 1 aliphatic rings. The van der Waals surface area contributed by atoms with E-state index in [9.17, 15) is 9.59 Å². The SMILES string of the molecule is CCCC1SCCN1C(=O)c1ccn(C)c(=O)c1. The van der Waals surface area contributed by atoms with E-state index in [0.29, 0.717) is 5.56 Å². The lowest BCUT2D eigenvalue weighted by Gasteiger charge is -2.23. The molecule has 0 aromatic carbocycles. The van der Waals surface area contributed by atoms with Crippen molar-refractivity contribution in [3.63, 3.8) is 0 Å². The third-order valence-electron chi connectivity index (χ3n) is 3.14. The molecule has 1 amide bonds. The Bertz CT molecular complexity index is 498. The molecule has 4 nitrogen and oxygen atoms in total. The van der Waals surface area contributed by atoms with Gasteiger partial charge in [0.25, 0.3) is 11.5 Å². The summed E-state index contributed by atoms with van der Waals surface area (Å²) in [5.74, 6) is 0.970. The predicted molar refractivity (Wildman–Crippen MR) is 73.9 cm³/mol. The highest BCUT2D eigenvalue weighted by molar-refractivity contribution is 8.00. The van der Waals surface area contributed by atoms with Gasteiger partial charge < -0.3 is 9.47 Å². The maximum atomic E-state index is 12.4. The van der Waals surface area contributed by atoms with Crippen molar-refractivity contribution in [3.8, 4) is 0 Å². The van der Waals surface area contributed by atoms with Crippen LogP contribution in [0.5, 0.6) is 0 Å². The number of hydrogen-bond donors (Lipinski definition) is 0. The van der Waals surface area contributed by atoms with Gasteiger partial charge in [0, 0.05) is 37.2 Å². The molecule has 5 heteroatoms. The first-order valence-electron chi connectivity index (χ1n) is 6.22. The summed E-state index contributed by atoms with van der Waals surface area (Å²) in [6.45, 7) is 2.91. The fourth-order valence-electron chi connectivity index (χ4n) is 2.09. The number of aryl methyl sites for hydroxylation is 1. The van der Waals surface area contributed by atoms with E-state index in [0.717, 1.165) is 25.1 Å². The molecular formula is C13H18N2O2S. The zero-order valence-corrected chi connectivity index (χ0v) is 11.6. The first kappa shape index (κ1) is 13.2. The standard InChI is InChI=1S/C13H18N2O2S/c1-3-4-12-15(7-8-18-12)13(17)10-5-6-14(2)11(16)9-10/h5-6,9,12H,3-4,7-8H2,1-2H3. The van der Waals surface area contributed by atoms with Gasteiger partial charge in [0.15, 0.2) is 0 Å². The van der Waals surface area contributed by atoms with E-state index in [2.05, 4.69) is 6.92 Å². The number of thioether (sulfide) groups is 1. The molecule has 1 aromatic heterocycles. The lowest BCUT2D eigenvalue weighted by molar-refractivity contribution is 0.0756. The number of nitrogens with zero attached hydrogens (tertiary/aromatic N) is 2. The second kappa shape index (κ2) is 5.61. The number of aromatic nitrogens is 1. The van der Waals surface area contributed by atoms with Crippen LogP contribution >= 0.6 is 11.8 Å². The van der Waals surface area contributed by atoms with Gasteiger partial charge in [0.1, 0.15) is 0 Å².